The summed E-state index contributed by atoms with van der Waals surface area (Å²) in [5.41, 5.74) is 10.2. The summed E-state index contributed by atoms with van der Waals surface area (Å²) >= 11 is 0. The van der Waals surface area contributed by atoms with Crippen LogP contribution in [0.15, 0.2) is 40.9 Å². The van der Waals surface area contributed by atoms with E-state index in [-0.39, 0.29) is 17.9 Å². The van der Waals surface area contributed by atoms with Gasteiger partial charge in [-0.1, -0.05) is 23.4 Å². The number of anilines is 1. The lowest BCUT2D eigenvalue weighted by Crippen LogP contribution is -2.35. The Kier molecular flexibility index (Phi) is 7.00. The molecular formula is C26H33N5O4S. The van der Waals surface area contributed by atoms with E-state index in [4.69, 9.17) is 15.0 Å². The van der Waals surface area contributed by atoms with Crippen molar-refractivity contribution in [3.8, 4) is 28.6 Å². The number of benzene rings is 2. The molecule has 5 rings (SSSR count). The van der Waals surface area contributed by atoms with Crippen molar-refractivity contribution in [2.24, 2.45) is 0 Å². The first-order valence-corrected chi connectivity index (χ1v) is 14.2. The van der Waals surface area contributed by atoms with Crippen LogP contribution in [-0.2, 0) is 16.4 Å². The minimum Gasteiger partial charge on any atom is -0.489 e. The molecule has 0 amide bonds. The third-order valence-corrected chi connectivity index (χ3v) is 8.12. The second-order valence-electron chi connectivity index (χ2n) is 9.79. The summed E-state index contributed by atoms with van der Waals surface area (Å²) < 4.78 is 39.7. The number of ether oxygens (including phenoxy) is 1. The number of sulfonamides is 1. The van der Waals surface area contributed by atoms with Gasteiger partial charge in [0.25, 0.3) is 5.89 Å². The molecule has 192 valence electrons. The van der Waals surface area contributed by atoms with Crippen LogP contribution in [0.1, 0.15) is 50.3 Å². The van der Waals surface area contributed by atoms with Crippen LogP contribution in [0.2, 0.25) is 0 Å². The maximum Gasteiger partial charge on any atom is 0.258 e. The lowest BCUT2D eigenvalue weighted by Gasteiger charge is -2.18. The van der Waals surface area contributed by atoms with Crippen LogP contribution in [0.3, 0.4) is 0 Å². The fourth-order valence-corrected chi connectivity index (χ4v) is 6.31. The molecule has 9 nitrogen and oxygen atoms in total. The number of nitrogens with two attached hydrogens (primary N) is 1. The number of fused-ring (bicyclic) bond motifs is 1. The van der Waals surface area contributed by atoms with E-state index >= 15 is 0 Å². The van der Waals surface area contributed by atoms with Gasteiger partial charge in [-0.05, 0) is 81.9 Å². The third kappa shape index (κ3) is 5.40. The van der Waals surface area contributed by atoms with E-state index in [1.807, 2.05) is 38.1 Å². The van der Waals surface area contributed by atoms with Gasteiger partial charge >= 0.3 is 0 Å². The van der Waals surface area contributed by atoms with E-state index in [0.717, 1.165) is 49.0 Å². The molecule has 2 aliphatic rings. The molecule has 1 atom stereocenters. The third-order valence-electron chi connectivity index (χ3n) is 6.75. The van der Waals surface area contributed by atoms with Crippen LogP contribution in [-0.4, -0.2) is 54.9 Å². The molecule has 1 aromatic heterocycles. The average molecular weight is 512 g/mol. The maximum absolute atomic E-state index is 12.8. The van der Waals surface area contributed by atoms with Crippen LogP contribution in [0.5, 0.6) is 5.75 Å². The lowest BCUT2D eigenvalue weighted by atomic mass is 10.0. The number of nitrogens with one attached hydrogen (secondary N) is 1. The maximum atomic E-state index is 12.8. The highest BCUT2D eigenvalue weighted by atomic mass is 32.2. The van der Waals surface area contributed by atoms with E-state index in [1.54, 1.807) is 12.1 Å². The summed E-state index contributed by atoms with van der Waals surface area (Å²) in [6, 6.07) is 11.0. The standard InChI is InChI=1S/C26H33N5O4S/c1-17(2)34-24-11-8-18(16-22(24)27)26-28-25(29-35-26)21-7-5-6-20-19(21)9-10-23(20)30-36(32,33)15-14-31-12-3-4-13-31/h5-8,11,16-17,23,30H,3-4,9-10,12-15,27H2,1-2H3/t23-/m0/s1. The molecule has 2 heterocycles. The Morgan fingerprint density at radius 3 is 2.78 bits per heavy atom. The summed E-state index contributed by atoms with van der Waals surface area (Å²) in [6.45, 7) is 6.44. The van der Waals surface area contributed by atoms with Crippen LogP contribution in [0, 0.1) is 0 Å². The van der Waals surface area contributed by atoms with Crippen LogP contribution >= 0.6 is 0 Å². The van der Waals surface area contributed by atoms with Crippen molar-refractivity contribution in [1.82, 2.24) is 19.8 Å². The van der Waals surface area contributed by atoms with Gasteiger partial charge in [0.1, 0.15) is 5.75 Å². The van der Waals surface area contributed by atoms with Gasteiger partial charge in [-0.2, -0.15) is 4.98 Å². The molecule has 3 aromatic rings. The van der Waals surface area contributed by atoms with Crippen LogP contribution in [0.4, 0.5) is 5.69 Å². The topological polar surface area (TPSA) is 124 Å². The van der Waals surface area contributed by atoms with E-state index in [9.17, 15) is 8.42 Å². The molecule has 1 aliphatic heterocycles. The fraction of sp³-hybridized carbons (Fsp3) is 0.462. The Morgan fingerprint density at radius 2 is 2.03 bits per heavy atom. The lowest BCUT2D eigenvalue weighted by molar-refractivity contribution is 0.244. The molecule has 1 aliphatic carbocycles. The SMILES string of the molecule is CC(C)Oc1ccc(-c2nc(-c3cccc4c3CC[C@@H]4NS(=O)(=O)CCN3CCCC3)no2)cc1N. The quantitative estimate of drug-likeness (QED) is 0.416. The highest BCUT2D eigenvalue weighted by Gasteiger charge is 2.30. The van der Waals surface area contributed by atoms with Gasteiger partial charge in [-0.3, -0.25) is 0 Å². The minimum absolute atomic E-state index is 0.0201. The number of nitrogens with zero attached hydrogens (tertiary/aromatic N) is 3. The smallest absolute Gasteiger partial charge is 0.258 e. The van der Waals surface area contributed by atoms with Gasteiger partial charge in [0.2, 0.25) is 15.8 Å². The number of rotatable bonds is 9. The molecule has 1 fully saturated rings. The van der Waals surface area contributed by atoms with Gasteiger partial charge in [-0.15, -0.1) is 0 Å². The van der Waals surface area contributed by atoms with E-state index in [2.05, 4.69) is 19.8 Å². The van der Waals surface area contributed by atoms with Crippen molar-refractivity contribution >= 4 is 15.7 Å². The largest absolute Gasteiger partial charge is 0.489 e. The molecule has 0 radical (unpaired) electrons. The van der Waals surface area contributed by atoms with Crippen molar-refractivity contribution in [3.05, 3.63) is 47.5 Å². The minimum atomic E-state index is -3.38. The molecular weight excluding hydrogens is 478 g/mol. The van der Waals surface area contributed by atoms with Crippen molar-refractivity contribution in [1.29, 1.82) is 0 Å². The highest BCUT2D eigenvalue weighted by Crippen LogP contribution is 2.38. The molecule has 10 heteroatoms. The van der Waals surface area contributed by atoms with E-state index < -0.39 is 10.0 Å². The molecule has 0 bridgehead atoms. The van der Waals surface area contributed by atoms with Crippen LogP contribution in [0.25, 0.3) is 22.8 Å². The predicted molar refractivity (Wildman–Crippen MR) is 139 cm³/mol. The molecule has 0 spiro atoms. The second kappa shape index (κ2) is 10.2. The Morgan fingerprint density at radius 1 is 1.22 bits per heavy atom. The van der Waals surface area contributed by atoms with E-state index in [1.165, 1.54) is 0 Å². The first kappa shape index (κ1) is 24.7. The van der Waals surface area contributed by atoms with E-state index in [0.29, 0.717) is 41.7 Å². The fourth-order valence-electron chi connectivity index (χ4n) is 5.01. The first-order chi connectivity index (χ1) is 17.3. The van der Waals surface area contributed by atoms with Gasteiger partial charge in [0.15, 0.2) is 0 Å². The first-order valence-electron chi connectivity index (χ1n) is 12.5. The number of hydrogen-bond acceptors (Lipinski definition) is 8. The number of likely N-dealkylation sites (tertiary alicyclic amines) is 1. The van der Waals surface area contributed by atoms with Crippen molar-refractivity contribution in [2.45, 2.75) is 51.7 Å². The Hall–Kier alpha value is -2.95. The number of hydrogen-bond donors (Lipinski definition) is 2. The second-order valence-corrected chi connectivity index (χ2v) is 11.7. The van der Waals surface area contributed by atoms with Gasteiger partial charge in [0, 0.05) is 23.7 Å². The van der Waals surface area contributed by atoms with Crippen molar-refractivity contribution < 1.29 is 17.7 Å². The molecule has 2 aromatic carbocycles. The summed E-state index contributed by atoms with van der Waals surface area (Å²) in [6.07, 6.45) is 3.76. The number of aromatic nitrogens is 2. The monoisotopic (exact) mass is 511 g/mol. The van der Waals surface area contributed by atoms with Crippen molar-refractivity contribution in [2.75, 3.05) is 31.1 Å². The molecule has 0 unspecified atom stereocenters. The summed E-state index contributed by atoms with van der Waals surface area (Å²) in [4.78, 5) is 6.83. The average Bonchev–Trinajstić information content (AvgIpc) is 3.60. The zero-order valence-electron chi connectivity index (χ0n) is 20.7. The number of nitrogen functional groups attached to an aromatic ring is 1. The van der Waals surface area contributed by atoms with Gasteiger partial charge in [0.05, 0.1) is 17.5 Å². The Bertz CT molecular complexity index is 1330. The summed E-state index contributed by atoms with van der Waals surface area (Å²) in [7, 11) is -3.38. The van der Waals surface area contributed by atoms with Crippen molar-refractivity contribution in [3.63, 3.8) is 0 Å². The Balaban J connectivity index is 1.32. The zero-order chi connectivity index (χ0) is 25.3. The molecule has 0 saturated carbocycles. The highest BCUT2D eigenvalue weighted by molar-refractivity contribution is 7.89. The normalized spacial score (nSPS) is 18.1. The summed E-state index contributed by atoms with van der Waals surface area (Å²) in [5, 5.41) is 4.21. The molecule has 3 N–H and O–H groups in total. The molecule has 1 saturated heterocycles. The van der Waals surface area contributed by atoms with Gasteiger partial charge in [-0.25, -0.2) is 13.1 Å². The predicted octanol–water partition coefficient (Wildman–Crippen LogP) is 3.78. The molecule has 36 heavy (non-hydrogen) atoms. The summed E-state index contributed by atoms with van der Waals surface area (Å²) in [5.74, 6) is 1.57. The van der Waals surface area contributed by atoms with Crippen LogP contribution < -0.4 is 15.2 Å². The van der Waals surface area contributed by atoms with Gasteiger partial charge < -0.3 is 19.9 Å². The Labute approximate surface area is 212 Å². The zero-order valence-corrected chi connectivity index (χ0v) is 21.6.